The number of nitrogens with one attached hydrogen (secondary N) is 1. The molecule has 0 saturated heterocycles. The number of carbonyl (C=O) groups is 1. The van der Waals surface area contributed by atoms with Crippen molar-refractivity contribution < 1.29 is 9.53 Å². The zero-order valence-corrected chi connectivity index (χ0v) is 16.4. The molecule has 0 radical (unpaired) electrons. The number of amides is 1. The third kappa shape index (κ3) is 4.65. The predicted molar refractivity (Wildman–Crippen MR) is 105 cm³/mol. The summed E-state index contributed by atoms with van der Waals surface area (Å²) in [5.41, 5.74) is 2.02. The number of rotatable bonds is 6. The molecule has 0 aliphatic heterocycles. The number of imidazole rings is 1. The summed E-state index contributed by atoms with van der Waals surface area (Å²) in [5, 5.41) is 3.53. The molecule has 1 N–H and O–H groups in total. The molecule has 7 heteroatoms. The zero-order valence-electron chi connectivity index (χ0n) is 14.0. The van der Waals surface area contributed by atoms with Gasteiger partial charge in [0.05, 0.1) is 16.8 Å². The third-order valence-electron chi connectivity index (χ3n) is 3.83. The molecule has 0 unspecified atom stereocenters. The lowest BCUT2D eigenvalue weighted by Crippen LogP contribution is -2.31. The van der Waals surface area contributed by atoms with Gasteiger partial charge in [-0.1, -0.05) is 23.7 Å². The molecule has 3 rings (SSSR count). The number of benzene rings is 2. The highest BCUT2D eigenvalue weighted by molar-refractivity contribution is 9.10. The van der Waals surface area contributed by atoms with Crippen molar-refractivity contribution in [3.05, 3.63) is 76.2 Å². The first-order valence-corrected chi connectivity index (χ1v) is 9.15. The normalized spacial score (nSPS) is 11.8. The Morgan fingerprint density at radius 2 is 2.08 bits per heavy atom. The third-order valence-corrected chi connectivity index (χ3v) is 4.68. The average Bonchev–Trinajstić information content (AvgIpc) is 3.16. The van der Waals surface area contributed by atoms with Crippen LogP contribution >= 0.6 is 27.5 Å². The maximum Gasteiger partial charge on any atom is 0.258 e. The number of carbonyl (C=O) groups excluding carboxylic acids is 1. The first-order chi connectivity index (χ1) is 12.5. The van der Waals surface area contributed by atoms with E-state index in [1.54, 1.807) is 30.7 Å². The Kier molecular flexibility index (Phi) is 5.96. The molecule has 1 heterocycles. The summed E-state index contributed by atoms with van der Waals surface area (Å²) in [4.78, 5) is 16.2. The number of nitrogens with zero attached hydrogens (tertiary/aromatic N) is 2. The molecule has 0 aliphatic rings. The molecule has 1 atom stereocenters. The van der Waals surface area contributed by atoms with E-state index in [1.165, 1.54) is 0 Å². The standard InChI is InChI=1S/C19H17BrClN3O2/c1-13(14-2-5-16(6-3-14)24-9-8-22-12-24)23-19(25)11-26-18-7-4-15(21)10-17(18)20/h2-10,12-13H,11H2,1H3,(H,23,25)/t13-/m0/s1. The van der Waals surface area contributed by atoms with Gasteiger partial charge in [-0.25, -0.2) is 4.98 Å². The van der Waals surface area contributed by atoms with E-state index in [1.807, 2.05) is 42.0 Å². The SMILES string of the molecule is C[C@H](NC(=O)COc1ccc(Cl)cc1Br)c1ccc(-n2ccnc2)cc1. The van der Waals surface area contributed by atoms with Crippen molar-refractivity contribution >= 4 is 33.4 Å². The van der Waals surface area contributed by atoms with Crippen molar-refractivity contribution in [2.75, 3.05) is 6.61 Å². The fourth-order valence-corrected chi connectivity index (χ4v) is 3.25. The number of halogens is 2. The van der Waals surface area contributed by atoms with Crippen LogP contribution in [-0.4, -0.2) is 22.1 Å². The number of hydrogen-bond donors (Lipinski definition) is 1. The maximum atomic E-state index is 12.1. The molecule has 5 nitrogen and oxygen atoms in total. The molecular formula is C19H17BrClN3O2. The topological polar surface area (TPSA) is 56.1 Å². The number of aromatic nitrogens is 2. The molecule has 0 spiro atoms. The van der Waals surface area contributed by atoms with E-state index < -0.39 is 0 Å². The van der Waals surface area contributed by atoms with E-state index >= 15 is 0 Å². The van der Waals surface area contributed by atoms with E-state index in [0.29, 0.717) is 15.2 Å². The fourth-order valence-electron chi connectivity index (χ4n) is 2.45. The Labute approximate surface area is 165 Å². The van der Waals surface area contributed by atoms with Crippen LogP contribution in [0, 0.1) is 0 Å². The maximum absolute atomic E-state index is 12.1. The van der Waals surface area contributed by atoms with Gasteiger partial charge in [-0.05, 0) is 58.7 Å². The van der Waals surface area contributed by atoms with E-state index in [0.717, 1.165) is 11.3 Å². The summed E-state index contributed by atoms with van der Waals surface area (Å²) in [7, 11) is 0. The monoisotopic (exact) mass is 433 g/mol. The molecule has 134 valence electrons. The molecule has 3 aromatic rings. The highest BCUT2D eigenvalue weighted by Gasteiger charge is 2.11. The lowest BCUT2D eigenvalue weighted by Gasteiger charge is -2.16. The largest absolute Gasteiger partial charge is 0.483 e. The van der Waals surface area contributed by atoms with Gasteiger partial charge in [-0.3, -0.25) is 4.79 Å². The van der Waals surface area contributed by atoms with E-state index in [4.69, 9.17) is 16.3 Å². The summed E-state index contributed by atoms with van der Waals surface area (Å²) in [6.07, 6.45) is 5.36. The molecule has 2 aromatic carbocycles. The quantitative estimate of drug-likeness (QED) is 0.619. The van der Waals surface area contributed by atoms with Gasteiger partial charge in [0, 0.05) is 23.1 Å². The molecule has 26 heavy (non-hydrogen) atoms. The van der Waals surface area contributed by atoms with Gasteiger partial charge in [0.25, 0.3) is 5.91 Å². The van der Waals surface area contributed by atoms with Crippen molar-refractivity contribution in [3.8, 4) is 11.4 Å². The summed E-state index contributed by atoms with van der Waals surface area (Å²) in [5.74, 6) is 0.375. The van der Waals surface area contributed by atoms with Crippen LogP contribution in [0.5, 0.6) is 5.75 Å². The zero-order chi connectivity index (χ0) is 18.5. The highest BCUT2D eigenvalue weighted by atomic mass is 79.9. The minimum absolute atomic E-state index is 0.0717. The van der Waals surface area contributed by atoms with Crippen molar-refractivity contribution in [2.45, 2.75) is 13.0 Å². The van der Waals surface area contributed by atoms with Crippen LogP contribution in [0.25, 0.3) is 5.69 Å². The van der Waals surface area contributed by atoms with Crippen LogP contribution in [0.1, 0.15) is 18.5 Å². The minimum Gasteiger partial charge on any atom is -0.483 e. The Morgan fingerprint density at radius 3 is 2.73 bits per heavy atom. The Morgan fingerprint density at radius 1 is 1.31 bits per heavy atom. The van der Waals surface area contributed by atoms with Crippen molar-refractivity contribution in [1.82, 2.24) is 14.9 Å². The number of ether oxygens (including phenoxy) is 1. The number of hydrogen-bond acceptors (Lipinski definition) is 3. The Hall–Kier alpha value is -2.31. The molecule has 0 aliphatic carbocycles. The van der Waals surface area contributed by atoms with E-state index in [-0.39, 0.29) is 18.6 Å². The van der Waals surface area contributed by atoms with Gasteiger partial charge in [0.2, 0.25) is 0 Å². The lowest BCUT2D eigenvalue weighted by molar-refractivity contribution is -0.123. The fraction of sp³-hybridized carbons (Fsp3) is 0.158. The van der Waals surface area contributed by atoms with Crippen LogP contribution in [0.4, 0.5) is 0 Å². The van der Waals surface area contributed by atoms with Crippen molar-refractivity contribution in [3.63, 3.8) is 0 Å². The predicted octanol–water partition coefficient (Wildman–Crippen LogP) is 4.54. The first-order valence-electron chi connectivity index (χ1n) is 7.98. The van der Waals surface area contributed by atoms with Gasteiger partial charge in [0.1, 0.15) is 5.75 Å². The van der Waals surface area contributed by atoms with E-state index in [2.05, 4.69) is 26.2 Å². The smallest absolute Gasteiger partial charge is 0.258 e. The van der Waals surface area contributed by atoms with Crippen LogP contribution < -0.4 is 10.1 Å². The second-order valence-corrected chi connectivity index (χ2v) is 7.00. The molecular weight excluding hydrogens is 418 g/mol. The van der Waals surface area contributed by atoms with Gasteiger partial charge in [0.15, 0.2) is 6.61 Å². The second-order valence-electron chi connectivity index (χ2n) is 5.71. The summed E-state index contributed by atoms with van der Waals surface area (Å²) in [6, 6.07) is 13.0. The first kappa shape index (κ1) is 18.5. The van der Waals surface area contributed by atoms with Crippen molar-refractivity contribution in [2.24, 2.45) is 0 Å². The van der Waals surface area contributed by atoms with Gasteiger partial charge in [-0.2, -0.15) is 0 Å². The lowest BCUT2D eigenvalue weighted by atomic mass is 10.1. The summed E-state index contributed by atoms with van der Waals surface area (Å²) in [6.45, 7) is 1.86. The van der Waals surface area contributed by atoms with Gasteiger partial charge in [-0.15, -0.1) is 0 Å². The molecule has 1 amide bonds. The summed E-state index contributed by atoms with van der Waals surface area (Å²) >= 11 is 9.25. The van der Waals surface area contributed by atoms with Crippen LogP contribution in [0.15, 0.2) is 65.7 Å². The Balaban J connectivity index is 1.55. The molecule has 0 fully saturated rings. The molecule has 0 saturated carbocycles. The Bertz CT molecular complexity index is 882. The second kappa shape index (κ2) is 8.38. The van der Waals surface area contributed by atoms with Gasteiger partial charge < -0.3 is 14.6 Å². The van der Waals surface area contributed by atoms with Gasteiger partial charge >= 0.3 is 0 Å². The van der Waals surface area contributed by atoms with Crippen LogP contribution in [0.3, 0.4) is 0 Å². The van der Waals surface area contributed by atoms with E-state index in [9.17, 15) is 4.79 Å². The highest BCUT2D eigenvalue weighted by Crippen LogP contribution is 2.27. The van der Waals surface area contributed by atoms with Crippen molar-refractivity contribution in [1.29, 1.82) is 0 Å². The molecule has 0 bridgehead atoms. The summed E-state index contributed by atoms with van der Waals surface area (Å²) < 4.78 is 8.16. The van der Waals surface area contributed by atoms with Crippen LogP contribution in [0.2, 0.25) is 5.02 Å². The minimum atomic E-state index is -0.196. The average molecular weight is 435 g/mol. The molecule has 1 aromatic heterocycles. The van der Waals surface area contributed by atoms with Crippen LogP contribution in [-0.2, 0) is 4.79 Å².